The quantitative estimate of drug-likeness (QED) is 0.386. The topological polar surface area (TPSA) is 77.9 Å². The van der Waals surface area contributed by atoms with E-state index in [2.05, 4.69) is 0 Å². The van der Waals surface area contributed by atoms with Crippen LogP contribution in [0.3, 0.4) is 0 Å². The molecule has 29 heavy (non-hydrogen) atoms. The van der Waals surface area contributed by atoms with Gasteiger partial charge in [-0.2, -0.15) is 0 Å². The number of ketones is 1. The smallest absolute Gasteiger partial charge is 0.327 e. The Hall–Kier alpha value is -1.43. The number of urea groups is 1. The van der Waals surface area contributed by atoms with Crippen molar-refractivity contribution in [2.24, 2.45) is 5.92 Å². The predicted molar refractivity (Wildman–Crippen MR) is 113 cm³/mol. The van der Waals surface area contributed by atoms with Crippen molar-refractivity contribution in [2.45, 2.75) is 109 Å². The van der Waals surface area contributed by atoms with Crippen molar-refractivity contribution < 1.29 is 19.5 Å². The lowest BCUT2D eigenvalue weighted by atomic mass is 9.76. The van der Waals surface area contributed by atoms with E-state index < -0.39 is 11.6 Å². The number of carbonyl (C=O) groups excluding carboxylic acids is 3. The zero-order chi connectivity index (χ0) is 21.4. The highest BCUT2D eigenvalue weighted by Gasteiger charge is 2.43. The SMILES string of the molecule is CC(=O)CCCCCCCC1C(=O)N(C)C(=O)N1CCC(C)(O)C1CCCCC1. The van der Waals surface area contributed by atoms with E-state index >= 15 is 0 Å². The van der Waals surface area contributed by atoms with Gasteiger partial charge in [0.25, 0.3) is 5.91 Å². The maximum atomic E-state index is 12.6. The van der Waals surface area contributed by atoms with E-state index in [1.165, 1.54) is 24.2 Å². The molecule has 2 unspecified atom stereocenters. The summed E-state index contributed by atoms with van der Waals surface area (Å²) in [6.45, 7) is 3.95. The van der Waals surface area contributed by atoms with Crippen LogP contribution >= 0.6 is 0 Å². The number of imide groups is 1. The van der Waals surface area contributed by atoms with Crippen molar-refractivity contribution in [1.29, 1.82) is 0 Å². The first-order valence-corrected chi connectivity index (χ1v) is 11.5. The molecule has 3 amide bonds. The second-order valence-corrected chi connectivity index (χ2v) is 9.34. The fraction of sp³-hybridized carbons (Fsp3) is 0.870. The van der Waals surface area contributed by atoms with E-state index in [1.54, 1.807) is 18.9 Å². The van der Waals surface area contributed by atoms with E-state index in [1.807, 2.05) is 6.92 Å². The summed E-state index contributed by atoms with van der Waals surface area (Å²) in [4.78, 5) is 39.0. The molecule has 1 N–H and O–H groups in total. The van der Waals surface area contributed by atoms with Crippen LogP contribution in [0.5, 0.6) is 0 Å². The lowest BCUT2D eigenvalue weighted by Crippen LogP contribution is -2.43. The summed E-state index contributed by atoms with van der Waals surface area (Å²) < 4.78 is 0. The molecule has 1 saturated carbocycles. The second-order valence-electron chi connectivity index (χ2n) is 9.34. The average Bonchev–Trinajstić information content (AvgIpc) is 2.89. The Balaban J connectivity index is 1.81. The van der Waals surface area contributed by atoms with Crippen LogP contribution in [-0.2, 0) is 9.59 Å². The number of unbranched alkanes of at least 4 members (excludes halogenated alkanes) is 4. The molecular formula is C23H40N2O4. The fourth-order valence-electron chi connectivity index (χ4n) is 4.83. The molecule has 2 atom stereocenters. The third-order valence-electron chi connectivity index (χ3n) is 6.87. The molecule has 2 aliphatic rings. The van der Waals surface area contributed by atoms with Crippen molar-refractivity contribution >= 4 is 17.7 Å². The average molecular weight is 409 g/mol. The molecule has 0 radical (unpaired) electrons. The molecule has 6 nitrogen and oxygen atoms in total. The third kappa shape index (κ3) is 6.80. The minimum Gasteiger partial charge on any atom is -0.390 e. The van der Waals surface area contributed by atoms with E-state index in [0.29, 0.717) is 25.8 Å². The molecule has 2 fully saturated rings. The molecular weight excluding hydrogens is 368 g/mol. The zero-order valence-corrected chi connectivity index (χ0v) is 18.6. The van der Waals surface area contributed by atoms with Crippen molar-refractivity contribution in [1.82, 2.24) is 9.80 Å². The van der Waals surface area contributed by atoms with Crippen LogP contribution in [0, 0.1) is 5.92 Å². The van der Waals surface area contributed by atoms with Gasteiger partial charge in [-0.3, -0.25) is 9.69 Å². The van der Waals surface area contributed by atoms with Crippen LogP contribution in [0.25, 0.3) is 0 Å². The molecule has 166 valence electrons. The van der Waals surface area contributed by atoms with Crippen molar-refractivity contribution in [3.05, 3.63) is 0 Å². The van der Waals surface area contributed by atoms with Gasteiger partial charge in [0.15, 0.2) is 0 Å². The lowest BCUT2D eigenvalue weighted by Gasteiger charge is -2.37. The fourth-order valence-corrected chi connectivity index (χ4v) is 4.83. The number of hydrogen-bond donors (Lipinski definition) is 1. The number of aliphatic hydroxyl groups is 1. The molecule has 0 bridgehead atoms. The van der Waals surface area contributed by atoms with Crippen LogP contribution in [-0.4, -0.2) is 57.9 Å². The van der Waals surface area contributed by atoms with Crippen LogP contribution in [0.1, 0.15) is 97.3 Å². The molecule has 0 aromatic heterocycles. The maximum absolute atomic E-state index is 12.6. The summed E-state index contributed by atoms with van der Waals surface area (Å²) in [5.74, 6) is 0.405. The number of rotatable bonds is 12. The van der Waals surface area contributed by atoms with Crippen molar-refractivity contribution in [3.63, 3.8) is 0 Å². The van der Waals surface area contributed by atoms with Crippen LogP contribution < -0.4 is 0 Å². The Morgan fingerprint density at radius 3 is 2.34 bits per heavy atom. The number of Topliss-reactive ketones (excluding diaryl/α,β-unsaturated/α-hetero) is 1. The molecule has 0 aromatic rings. The maximum Gasteiger partial charge on any atom is 0.327 e. The minimum atomic E-state index is -0.786. The molecule has 1 aliphatic carbocycles. The first kappa shape index (κ1) is 23.8. The number of likely N-dealkylation sites (N-methyl/N-ethyl adjacent to an activating group) is 1. The van der Waals surface area contributed by atoms with Gasteiger partial charge in [0.05, 0.1) is 5.60 Å². The molecule has 6 heteroatoms. The Morgan fingerprint density at radius 1 is 1.07 bits per heavy atom. The molecule has 0 aromatic carbocycles. The second kappa shape index (κ2) is 11.1. The van der Waals surface area contributed by atoms with Gasteiger partial charge in [-0.1, -0.05) is 44.9 Å². The summed E-state index contributed by atoms with van der Waals surface area (Å²) in [6, 6.07) is -0.632. The normalized spacial score (nSPS) is 23.0. The Labute approximate surface area is 176 Å². The third-order valence-corrected chi connectivity index (χ3v) is 6.87. The summed E-state index contributed by atoms with van der Waals surface area (Å²) in [6.07, 6.45) is 12.4. The number of hydrogen-bond acceptors (Lipinski definition) is 4. The Bertz CT molecular complexity index is 569. The Kier molecular flexibility index (Phi) is 9.12. The highest BCUT2D eigenvalue weighted by atomic mass is 16.3. The zero-order valence-electron chi connectivity index (χ0n) is 18.6. The molecule has 1 saturated heterocycles. The summed E-state index contributed by atoms with van der Waals surface area (Å²) in [7, 11) is 1.55. The van der Waals surface area contributed by atoms with Crippen LogP contribution in [0.2, 0.25) is 0 Å². The van der Waals surface area contributed by atoms with Crippen molar-refractivity contribution in [3.8, 4) is 0 Å². The van der Waals surface area contributed by atoms with Gasteiger partial charge < -0.3 is 14.8 Å². The largest absolute Gasteiger partial charge is 0.390 e. The first-order valence-electron chi connectivity index (χ1n) is 11.5. The van der Waals surface area contributed by atoms with Gasteiger partial charge in [-0.15, -0.1) is 0 Å². The van der Waals surface area contributed by atoms with Gasteiger partial charge in [0, 0.05) is 20.0 Å². The lowest BCUT2D eigenvalue weighted by molar-refractivity contribution is -0.127. The molecule has 0 spiro atoms. The molecule has 2 rings (SSSR count). The number of nitrogens with zero attached hydrogens (tertiary/aromatic N) is 2. The van der Waals surface area contributed by atoms with Gasteiger partial charge >= 0.3 is 6.03 Å². The predicted octanol–water partition coefficient (Wildman–Crippen LogP) is 4.29. The Morgan fingerprint density at radius 2 is 1.69 bits per heavy atom. The monoisotopic (exact) mass is 408 g/mol. The number of amides is 3. The highest BCUT2D eigenvalue weighted by Crippen LogP contribution is 2.35. The summed E-state index contributed by atoms with van der Waals surface area (Å²) >= 11 is 0. The van der Waals surface area contributed by atoms with Gasteiger partial charge in [-0.05, 0) is 51.9 Å². The highest BCUT2D eigenvalue weighted by molar-refractivity contribution is 6.03. The van der Waals surface area contributed by atoms with E-state index in [-0.39, 0.29) is 23.6 Å². The summed E-state index contributed by atoms with van der Waals surface area (Å²) in [5.41, 5.74) is -0.786. The standard InChI is InChI=1S/C23H40N2O4/c1-18(26)12-8-5-4-6-11-15-20-21(27)24(3)22(28)25(20)17-16-23(2,29)19-13-9-7-10-14-19/h19-20,29H,4-17H2,1-3H3. The van der Waals surface area contributed by atoms with Crippen LogP contribution in [0.4, 0.5) is 4.79 Å². The molecule has 1 aliphatic heterocycles. The minimum absolute atomic E-state index is 0.121. The van der Waals surface area contributed by atoms with E-state index in [4.69, 9.17) is 0 Å². The molecule has 1 heterocycles. The van der Waals surface area contributed by atoms with Gasteiger partial charge in [-0.25, -0.2) is 4.79 Å². The first-order chi connectivity index (χ1) is 13.7. The summed E-state index contributed by atoms with van der Waals surface area (Å²) in [5, 5.41) is 11.0. The van der Waals surface area contributed by atoms with E-state index in [0.717, 1.165) is 44.9 Å². The van der Waals surface area contributed by atoms with E-state index in [9.17, 15) is 19.5 Å². The van der Waals surface area contributed by atoms with Gasteiger partial charge in [0.1, 0.15) is 11.8 Å². The van der Waals surface area contributed by atoms with Crippen molar-refractivity contribution in [2.75, 3.05) is 13.6 Å². The van der Waals surface area contributed by atoms with Gasteiger partial charge in [0.2, 0.25) is 0 Å². The van der Waals surface area contributed by atoms with Crippen LogP contribution in [0.15, 0.2) is 0 Å². The number of carbonyl (C=O) groups is 3.